The summed E-state index contributed by atoms with van der Waals surface area (Å²) in [5.74, 6) is 0.327. The molecule has 0 unspecified atom stereocenters. The maximum absolute atomic E-state index is 13.7. The molecule has 2 aromatic carbocycles. The summed E-state index contributed by atoms with van der Waals surface area (Å²) in [4.78, 5) is 37.8. The molecule has 0 radical (unpaired) electrons. The Kier molecular flexibility index (Phi) is 8.69. The van der Waals surface area contributed by atoms with Crippen LogP contribution in [0.25, 0.3) is 5.70 Å². The normalized spacial score (nSPS) is 16.0. The van der Waals surface area contributed by atoms with Crippen molar-refractivity contribution in [2.24, 2.45) is 4.99 Å². The number of aromatic nitrogens is 1. The molecule has 41 heavy (non-hydrogen) atoms. The summed E-state index contributed by atoms with van der Waals surface area (Å²) in [5.41, 5.74) is 3.90. The number of hydrogen-bond donors (Lipinski definition) is 1. The topological polar surface area (TPSA) is 102 Å². The first-order chi connectivity index (χ1) is 20.0. The third-order valence-electron chi connectivity index (χ3n) is 6.63. The zero-order valence-electron chi connectivity index (χ0n) is 23.0. The van der Waals surface area contributed by atoms with Gasteiger partial charge in [0.15, 0.2) is 16.7 Å². The Hall–Kier alpha value is -4.57. The fourth-order valence-corrected chi connectivity index (χ4v) is 5.76. The number of para-hydroxylation sites is 1. The van der Waals surface area contributed by atoms with Gasteiger partial charge in [-0.15, -0.1) is 0 Å². The summed E-state index contributed by atoms with van der Waals surface area (Å²) >= 11 is 1.40. The molecule has 0 saturated heterocycles. The van der Waals surface area contributed by atoms with Crippen LogP contribution in [0.1, 0.15) is 36.1 Å². The van der Waals surface area contributed by atoms with Crippen LogP contribution in [-0.4, -0.2) is 47.8 Å². The van der Waals surface area contributed by atoms with Crippen molar-refractivity contribution in [3.8, 4) is 11.5 Å². The fourth-order valence-electron chi connectivity index (χ4n) is 4.84. The van der Waals surface area contributed by atoms with Crippen molar-refractivity contribution < 1.29 is 23.8 Å². The molecule has 9 nitrogen and oxygen atoms in total. The second-order valence-electron chi connectivity index (χ2n) is 9.14. The fraction of sp³-hybridized carbons (Fsp3) is 0.226. The molecule has 10 heteroatoms. The maximum Gasteiger partial charge on any atom is 0.338 e. The van der Waals surface area contributed by atoms with Crippen molar-refractivity contribution in [3.63, 3.8) is 0 Å². The minimum absolute atomic E-state index is 0.0752. The third kappa shape index (κ3) is 5.83. The SMILES string of the molecule is CCOC(=O)C1=C(c2ccccc2)N=C2SC=C(CC(=O)NCc3cccnc3)N2[C@@H]1c1cccc(OC)c1OC. The number of carbonyl (C=O) groups excluding carboxylic acids is 2. The second-order valence-corrected chi connectivity index (χ2v) is 9.98. The minimum atomic E-state index is -0.700. The number of ether oxygens (including phenoxy) is 3. The van der Waals surface area contributed by atoms with Crippen LogP contribution >= 0.6 is 11.8 Å². The zero-order valence-corrected chi connectivity index (χ0v) is 23.8. The molecule has 1 atom stereocenters. The standard InChI is InChI=1S/C31H30N4O5S/c1-4-40-30(37)26-27(21-11-6-5-7-12-21)34-31-35(28(26)23-13-8-14-24(38-2)29(23)39-3)22(19-41-31)16-25(36)33-18-20-10-9-15-32-17-20/h5-15,17,19,28H,4,16,18H2,1-3H3,(H,33,36)/t28-/m1/s1. The monoisotopic (exact) mass is 570 g/mol. The van der Waals surface area contributed by atoms with E-state index >= 15 is 0 Å². The van der Waals surface area contributed by atoms with Crippen molar-refractivity contribution in [3.05, 3.63) is 106 Å². The van der Waals surface area contributed by atoms with Gasteiger partial charge in [-0.05, 0) is 30.0 Å². The van der Waals surface area contributed by atoms with E-state index in [0.717, 1.165) is 11.1 Å². The first-order valence-corrected chi connectivity index (χ1v) is 14.0. The molecule has 2 aliphatic heterocycles. The highest BCUT2D eigenvalue weighted by molar-refractivity contribution is 8.16. The Balaban J connectivity index is 1.60. The molecule has 2 aliphatic rings. The highest BCUT2D eigenvalue weighted by atomic mass is 32.2. The molecule has 3 aromatic rings. The van der Waals surface area contributed by atoms with Gasteiger partial charge in [0.05, 0.1) is 44.6 Å². The van der Waals surface area contributed by atoms with E-state index in [9.17, 15) is 9.59 Å². The molecule has 0 fully saturated rings. The van der Waals surface area contributed by atoms with Crippen molar-refractivity contribution in [1.29, 1.82) is 0 Å². The van der Waals surface area contributed by atoms with Crippen LogP contribution in [0.2, 0.25) is 0 Å². The quantitative estimate of drug-likeness (QED) is 0.337. The van der Waals surface area contributed by atoms with Crippen LogP contribution in [0.5, 0.6) is 11.5 Å². The van der Waals surface area contributed by atoms with Crippen molar-refractivity contribution >= 4 is 34.5 Å². The number of fused-ring (bicyclic) bond motifs is 1. The summed E-state index contributed by atoms with van der Waals surface area (Å²) < 4.78 is 17.0. The van der Waals surface area contributed by atoms with Crippen molar-refractivity contribution in [1.82, 2.24) is 15.2 Å². The van der Waals surface area contributed by atoms with E-state index in [1.54, 1.807) is 39.6 Å². The number of methoxy groups -OCH3 is 2. The van der Waals surface area contributed by atoms with E-state index in [1.165, 1.54) is 11.8 Å². The number of nitrogens with zero attached hydrogens (tertiary/aromatic N) is 3. The molecular formula is C31H30N4O5S. The van der Waals surface area contributed by atoms with Gasteiger partial charge >= 0.3 is 5.97 Å². The Morgan fingerprint density at radius 2 is 1.85 bits per heavy atom. The molecule has 1 aromatic heterocycles. The summed E-state index contributed by atoms with van der Waals surface area (Å²) in [7, 11) is 3.13. The molecule has 3 heterocycles. The molecule has 0 bridgehead atoms. The Labute approximate surface area is 242 Å². The average molecular weight is 571 g/mol. The molecule has 0 aliphatic carbocycles. The number of aliphatic imine (C=N–C) groups is 1. The van der Waals surface area contributed by atoms with Gasteiger partial charge in [0, 0.05) is 35.8 Å². The van der Waals surface area contributed by atoms with Crippen LogP contribution < -0.4 is 14.8 Å². The number of rotatable bonds is 10. The van der Waals surface area contributed by atoms with E-state index in [-0.39, 0.29) is 18.9 Å². The van der Waals surface area contributed by atoms with E-state index < -0.39 is 12.0 Å². The summed E-state index contributed by atoms with van der Waals surface area (Å²) in [6, 6.07) is 18.1. The molecule has 5 rings (SSSR count). The van der Waals surface area contributed by atoms with Gasteiger partial charge in [-0.1, -0.05) is 60.3 Å². The number of amides is 1. The van der Waals surface area contributed by atoms with Crippen LogP contribution in [0.3, 0.4) is 0 Å². The number of amidine groups is 1. The lowest BCUT2D eigenvalue weighted by Crippen LogP contribution is -2.38. The van der Waals surface area contributed by atoms with Crippen molar-refractivity contribution in [2.45, 2.75) is 25.9 Å². The number of hydrogen-bond acceptors (Lipinski definition) is 9. The molecule has 1 amide bonds. The summed E-state index contributed by atoms with van der Waals surface area (Å²) in [6.45, 7) is 2.31. The predicted molar refractivity (Wildman–Crippen MR) is 158 cm³/mol. The van der Waals surface area contributed by atoms with Gasteiger partial charge in [-0.3, -0.25) is 9.78 Å². The van der Waals surface area contributed by atoms with E-state index in [0.29, 0.717) is 45.7 Å². The van der Waals surface area contributed by atoms with Gasteiger partial charge in [-0.2, -0.15) is 0 Å². The smallest absolute Gasteiger partial charge is 0.338 e. The van der Waals surface area contributed by atoms with Crippen LogP contribution in [0.4, 0.5) is 0 Å². The van der Waals surface area contributed by atoms with Crippen molar-refractivity contribution in [2.75, 3.05) is 20.8 Å². The average Bonchev–Trinajstić information content (AvgIpc) is 3.41. The highest BCUT2D eigenvalue weighted by Crippen LogP contribution is 2.50. The maximum atomic E-state index is 13.7. The van der Waals surface area contributed by atoms with Crippen LogP contribution in [-0.2, 0) is 20.9 Å². The lowest BCUT2D eigenvalue weighted by Gasteiger charge is -2.37. The molecular weight excluding hydrogens is 540 g/mol. The predicted octanol–water partition coefficient (Wildman–Crippen LogP) is 5.08. The van der Waals surface area contributed by atoms with Gasteiger partial charge in [0.2, 0.25) is 5.91 Å². The highest BCUT2D eigenvalue weighted by Gasteiger charge is 2.43. The van der Waals surface area contributed by atoms with E-state index in [2.05, 4.69) is 10.3 Å². The number of benzene rings is 2. The van der Waals surface area contributed by atoms with Gasteiger partial charge in [0.1, 0.15) is 0 Å². The number of nitrogens with one attached hydrogen (secondary N) is 1. The molecule has 1 N–H and O–H groups in total. The third-order valence-corrected chi connectivity index (χ3v) is 7.52. The second kappa shape index (κ2) is 12.7. The molecule has 0 spiro atoms. The van der Waals surface area contributed by atoms with E-state index in [4.69, 9.17) is 19.2 Å². The lowest BCUT2D eigenvalue weighted by molar-refractivity contribution is -0.139. The van der Waals surface area contributed by atoms with Gasteiger partial charge in [-0.25, -0.2) is 9.79 Å². The number of pyridine rings is 1. The lowest BCUT2D eigenvalue weighted by atomic mass is 9.90. The first-order valence-electron chi connectivity index (χ1n) is 13.1. The molecule has 0 saturated carbocycles. The number of thioether (sulfide) groups is 1. The number of carbonyl (C=O) groups is 2. The van der Waals surface area contributed by atoms with Crippen LogP contribution in [0, 0.1) is 0 Å². The van der Waals surface area contributed by atoms with Gasteiger partial charge in [0.25, 0.3) is 0 Å². The van der Waals surface area contributed by atoms with E-state index in [1.807, 2.05) is 64.9 Å². The van der Waals surface area contributed by atoms with Crippen LogP contribution in [0.15, 0.2) is 94.7 Å². The number of esters is 1. The first kappa shape index (κ1) is 28.0. The Morgan fingerprint density at radius 3 is 2.56 bits per heavy atom. The Bertz CT molecular complexity index is 1520. The zero-order chi connectivity index (χ0) is 28.8. The Morgan fingerprint density at radius 1 is 1.02 bits per heavy atom. The minimum Gasteiger partial charge on any atom is -0.493 e. The molecule has 210 valence electrons. The summed E-state index contributed by atoms with van der Waals surface area (Å²) in [6.07, 6.45) is 3.48. The largest absolute Gasteiger partial charge is 0.493 e. The summed E-state index contributed by atoms with van der Waals surface area (Å²) in [5, 5.41) is 5.50. The van der Waals surface area contributed by atoms with Gasteiger partial charge < -0.3 is 24.4 Å².